The van der Waals surface area contributed by atoms with Crippen molar-refractivity contribution in [2.75, 3.05) is 20.8 Å². The second kappa shape index (κ2) is 9.51. The first-order valence-corrected chi connectivity index (χ1v) is 12.9. The third kappa shape index (κ3) is 4.37. The van der Waals surface area contributed by atoms with Crippen LogP contribution < -0.4 is 15.1 Å². The van der Waals surface area contributed by atoms with Crippen LogP contribution in [0.2, 0.25) is 0 Å². The second-order valence-corrected chi connectivity index (χ2v) is 10.5. The number of ether oxygens (including phenoxy) is 2. The van der Waals surface area contributed by atoms with Crippen molar-refractivity contribution < 1.29 is 13.9 Å². The molecule has 1 aliphatic rings. The number of rotatable bonds is 6. The van der Waals surface area contributed by atoms with E-state index in [0.717, 1.165) is 41.0 Å². The average molecular weight is 490 g/mol. The molecule has 2 aromatic carbocycles. The number of hydrogen-bond donors (Lipinski definition) is 0. The van der Waals surface area contributed by atoms with Gasteiger partial charge in [-0.1, -0.05) is 19.9 Å². The normalized spacial score (nSPS) is 16.0. The Balaban J connectivity index is 1.63. The van der Waals surface area contributed by atoms with Crippen molar-refractivity contribution in [3.63, 3.8) is 0 Å². The molecule has 0 radical (unpaired) electrons. The van der Waals surface area contributed by atoms with E-state index in [1.165, 1.54) is 21.6 Å². The van der Waals surface area contributed by atoms with Crippen LogP contribution in [0.5, 0.6) is 11.5 Å². The molecule has 1 unspecified atom stereocenters. The summed E-state index contributed by atoms with van der Waals surface area (Å²) in [6.45, 7) is 8.00. The number of aryl methyl sites for hydroxylation is 1. The Kier molecular flexibility index (Phi) is 6.43. The third-order valence-electron chi connectivity index (χ3n) is 7.00. The van der Waals surface area contributed by atoms with Gasteiger partial charge in [0.1, 0.15) is 5.58 Å². The maximum atomic E-state index is 12.5. The fourth-order valence-electron chi connectivity index (χ4n) is 5.31. The highest BCUT2D eigenvalue weighted by Gasteiger charge is 2.31. The minimum Gasteiger partial charge on any atom is -0.493 e. The van der Waals surface area contributed by atoms with Crippen molar-refractivity contribution in [3.05, 3.63) is 91.0 Å². The van der Waals surface area contributed by atoms with E-state index < -0.39 is 0 Å². The van der Waals surface area contributed by atoms with Gasteiger partial charge in [-0.2, -0.15) is 0 Å². The van der Waals surface area contributed by atoms with E-state index in [2.05, 4.69) is 61.4 Å². The van der Waals surface area contributed by atoms with Crippen LogP contribution in [0.1, 0.15) is 58.5 Å². The van der Waals surface area contributed by atoms with Crippen molar-refractivity contribution in [2.24, 2.45) is 0 Å². The SMILES string of the molecule is COc1cc2c(cc1OC)C(c1cccs1)N(Cc1cc(=O)oc3cc(C)c(C(C)C)cc13)CC2. The third-order valence-corrected chi connectivity index (χ3v) is 7.92. The molecule has 0 aliphatic carbocycles. The van der Waals surface area contributed by atoms with Crippen LogP contribution in [-0.2, 0) is 13.0 Å². The molecule has 35 heavy (non-hydrogen) atoms. The van der Waals surface area contributed by atoms with Crippen molar-refractivity contribution in [1.82, 2.24) is 4.90 Å². The Morgan fingerprint density at radius 3 is 2.57 bits per heavy atom. The summed E-state index contributed by atoms with van der Waals surface area (Å²) < 4.78 is 16.8. The van der Waals surface area contributed by atoms with E-state index in [1.54, 1.807) is 31.6 Å². The zero-order chi connectivity index (χ0) is 24.7. The van der Waals surface area contributed by atoms with E-state index >= 15 is 0 Å². The first kappa shape index (κ1) is 23.6. The molecule has 0 fully saturated rings. The molecule has 182 valence electrons. The summed E-state index contributed by atoms with van der Waals surface area (Å²) >= 11 is 1.75. The highest BCUT2D eigenvalue weighted by atomic mass is 32.1. The molecule has 1 atom stereocenters. The fraction of sp³-hybridized carbons (Fsp3) is 0.345. The molecule has 0 spiro atoms. The number of fused-ring (bicyclic) bond motifs is 2. The smallest absolute Gasteiger partial charge is 0.336 e. The van der Waals surface area contributed by atoms with Gasteiger partial charge in [-0.05, 0) is 82.8 Å². The minimum atomic E-state index is -0.305. The average Bonchev–Trinajstić information content (AvgIpc) is 3.36. The monoisotopic (exact) mass is 489 g/mol. The van der Waals surface area contributed by atoms with Gasteiger partial charge in [0.2, 0.25) is 0 Å². The van der Waals surface area contributed by atoms with E-state index in [-0.39, 0.29) is 11.7 Å². The summed E-state index contributed by atoms with van der Waals surface area (Å²) in [5.74, 6) is 1.88. The number of nitrogens with zero attached hydrogens (tertiary/aromatic N) is 1. The van der Waals surface area contributed by atoms with Crippen LogP contribution in [-0.4, -0.2) is 25.7 Å². The van der Waals surface area contributed by atoms with Gasteiger partial charge >= 0.3 is 5.63 Å². The Morgan fingerprint density at radius 1 is 1.11 bits per heavy atom. The molecule has 0 N–H and O–H groups in total. The van der Waals surface area contributed by atoms with Crippen molar-refractivity contribution in [1.29, 1.82) is 0 Å². The highest BCUT2D eigenvalue weighted by Crippen LogP contribution is 2.43. The Labute approximate surface area is 209 Å². The maximum Gasteiger partial charge on any atom is 0.336 e. The van der Waals surface area contributed by atoms with Crippen molar-refractivity contribution >= 4 is 22.3 Å². The van der Waals surface area contributed by atoms with Gasteiger partial charge in [-0.3, -0.25) is 4.90 Å². The number of thiophene rings is 1. The predicted molar refractivity (Wildman–Crippen MR) is 141 cm³/mol. The summed E-state index contributed by atoms with van der Waals surface area (Å²) in [7, 11) is 3.35. The highest BCUT2D eigenvalue weighted by molar-refractivity contribution is 7.10. The molecule has 5 rings (SSSR count). The molecular formula is C29H31NO4S. The predicted octanol–water partition coefficient (Wildman–Crippen LogP) is 6.45. The van der Waals surface area contributed by atoms with Crippen LogP contribution in [0.25, 0.3) is 11.0 Å². The van der Waals surface area contributed by atoms with E-state index in [0.29, 0.717) is 18.0 Å². The zero-order valence-corrected chi connectivity index (χ0v) is 21.7. The lowest BCUT2D eigenvalue weighted by molar-refractivity contribution is 0.206. The van der Waals surface area contributed by atoms with Gasteiger partial charge in [0.05, 0.1) is 20.3 Å². The summed E-state index contributed by atoms with van der Waals surface area (Å²) in [6.07, 6.45) is 0.896. The first-order chi connectivity index (χ1) is 16.9. The van der Waals surface area contributed by atoms with E-state index in [9.17, 15) is 4.79 Å². The molecule has 1 aliphatic heterocycles. The lowest BCUT2D eigenvalue weighted by Gasteiger charge is -2.37. The number of methoxy groups -OCH3 is 2. The Bertz CT molecular complexity index is 1420. The Morgan fingerprint density at radius 2 is 1.89 bits per heavy atom. The minimum absolute atomic E-state index is 0.0656. The number of benzene rings is 2. The number of hydrogen-bond acceptors (Lipinski definition) is 6. The van der Waals surface area contributed by atoms with Crippen molar-refractivity contribution in [3.8, 4) is 11.5 Å². The van der Waals surface area contributed by atoms with Crippen LogP contribution >= 0.6 is 11.3 Å². The quantitative estimate of drug-likeness (QED) is 0.291. The molecular weight excluding hydrogens is 458 g/mol. The summed E-state index contributed by atoms with van der Waals surface area (Å²) in [5, 5.41) is 3.13. The largest absolute Gasteiger partial charge is 0.493 e. The maximum absolute atomic E-state index is 12.5. The second-order valence-electron chi connectivity index (χ2n) is 9.49. The van der Waals surface area contributed by atoms with Gasteiger partial charge in [0.25, 0.3) is 0 Å². The van der Waals surface area contributed by atoms with Crippen LogP contribution in [0.3, 0.4) is 0 Å². The van der Waals surface area contributed by atoms with Gasteiger partial charge in [0, 0.05) is 29.4 Å². The molecule has 2 aromatic heterocycles. The molecule has 0 saturated carbocycles. The van der Waals surface area contributed by atoms with Gasteiger partial charge in [0.15, 0.2) is 11.5 Å². The molecule has 5 nitrogen and oxygen atoms in total. The summed E-state index contributed by atoms with van der Waals surface area (Å²) in [5.41, 5.74) is 6.28. The Hall–Kier alpha value is -3.09. The standard InChI is InChI=1S/C29H31NO4S/c1-17(2)21-14-22-20(13-28(31)34-24(22)11-18(21)3)16-30-9-8-19-12-25(32-4)26(33-5)15-23(19)29(30)27-7-6-10-35-27/h6-7,10-15,17,29H,8-9,16H2,1-5H3. The lowest BCUT2D eigenvalue weighted by atomic mass is 9.90. The molecule has 0 bridgehead atoms. The summed E-state index contributed by atoms with van der Waals surface area (Å²) in [4.78, 5) is 16.3. The molecule has 3 heterocycles. The van der Waals surface area contributed by atoms with Crippen LogP contribution in [0.15, 0.2) is 57.1 Å². The van der Waals surface area contributed by atoms with Crippen molar-refractivity contribution in [2.45, 2.75) is 45.7 Å². The zero-order valence-electron chi connectivity index (χ0n) is 20.9. The summed E-state index contributed by atoms with van der Waals surface area (Å²) in [6, 6.07) is 14.4. The topological polar surface area (TPSA) is 51.9 Å². The van der Waals surface area contributed by atoms with E-state index in [1.807, 2.05) is 6.07 Å². The lowest BCUT2D eigenvalue weighted by Crippen LogP contribution is -2.35. The molecule has 0 amide bonds. The van der Waals surface area contributed by atoms with E-state index in [4.69, 9.17) is 13.9 Å². The van der Waals surface area contributed by atoms with Gasteiger partial charge in [-0.25, -0.2) is 4.79 Å². The van der Waals surface area contributed by atoms with Crippen LogP contribution in [0, 0.1) is 6.92 Å². The molecule has 6 heteroatoms. The molecule has 0 saturated heterocycles. The first-order valence-electron chi connectivity index (χ1n) is 12.0. The van der Waals surface area contributed by atoms with Crippen LogP contribution in [0.4, 0.5) is 0 Å². The van der Waals surface area contributed by atoms with Gasteiger partial charge in [-0.15, -0.1) is 11.3 Å². The van der Waals surface area contributed by atoms with Gasteiger partial charge < -0.3 is 13.9 Å². The molecule has 4 aromatic rings. The fourth-order valence-corrected chi connectivity index (χ4v) is 6.19.